The summed E-state index contributed by atoms with van der Waals surface area (Å²) in [4.78, 5) is 0. The second-order valence-electron chi connectivity index (χ2n) is 1.79. The van der Waals surface area contributed by atoms with E-state index in [2.05, 4.69) is 0 Å². The van der Waals surface area contributed by atoms with Crippen molar-refractivity contribution in [3.63, 3.8) is 0 Å². The van der Waals surface area contributed by atoms with Gasteiger partial charge in [-0.15, -0.1) is 0 Å². The van der Waals surface area contributed by atoms with Crippen LogP contribution >= 0.6 is 11.6 Å². The van der Waals surface area contributed by atoms with Crippen LogP contribution in [0.5, 0.6) is 5.75 Å². The van der Waals surface area contributed by atoms with Crippen LogP contribution in [0.2, 0.25) is 5.02 Å². The third-order valence-corrected chi connectivity index (χ3v) is 1.42. The van der Waals surface area contributed by atoms with Crippen LogP contribution in [0.1, 0.15) is 0 Å². The van der Waals surface area contributed by atoms with E-state index >= 15 is 0 Å². The SMILES string of the molecule is [B]c1c(F)ccc(Cl)c1O. The number of hydrogen-bond donors (Lipinski definition) is 1. The standard InChI is InChI=1S/C6H3BClFO/c7-5-4(9)2-1-3(8)6(5)10/h1-2,10H. The van der Waals surface area contributed by atoms with Gasteiger partial charge >= 0.3 is 0 Å². The van der Waals surface area contributed by atoms with E-state index in [4.69, 9.17) is 24.6 Å². The summed E-state index contributed by atoms with van der Waals surface area (Å²) in [5, 5.41) is 8.94. The van der Waals surface area contributed by atoms with E-state index in [1.807, 2.05) is 0 Å². The quantitative estimate of drug-likeness (QED) is 0.555. The molecule has 0 amide bonds. The van der Waals surface area contributed by atoms with E-state index in [0.29, 0.717) is 0 Å². The van der Waals surface area contributed by atoms with E-state index in [-0.39, 0.29) is 10.5 Å². The summed E-state index contributed by atoms with van der Waals surface area (Å²) >= 11 is 5.39. The monoisotopic (exact) mass is 156 g/mol. The first-order valence-electron chi connectivity index (χ1n) is 2.55. The molecule has 0 unspecified atom stereocenters. The van der Waals surface area contributed by atoms with Crippen LogP contribution in [0.4, 0.5) is 4.39 Å². The Bertz CT molecular complexity index is 237. The van der Waals surface area contributed by atoms with E-state index in [1.54, 1.807) is 0 Å². The Morgan fingerprint density at radius 3 is 2.60 bits per heavy atom. The van der Waals surface area contributed by atoms with Gasteiger partial charge in [0.05, 0.1) is 5.02 Å². The number of aromatic hydroxyl groups is 1. The number of halogens is 2. The number of phenolic OH excluding ortho intramolecular Hbond substituents is 1. The van der Waals surface area contributed by atoms with Gasteiger partial charge in [0.2, 0.25) is 0 Å². The second kappa shape index (κ2) is 2.50. The molecule has 0 aromatic heterocycles. The zero-order valence-electron chi connectivity index (χ0n) is 4.94. The summed E-state index contributed by atoms with van der Waals surface area (Å²) in [6.07, 6.45) is 0. The minimum absolute atomic E-state index is 0.0545. The van der Waals surface area contributed by atoms with Gasteiger partial charge in [0.1, 0.15) is 19.4 Å². The molecule has 10 heavy (non-hydrogen) atoms. The van der Waals surface area contributed by atoms with Crippen molar-refractivity contribution in [3.05, 3.63) is 23.0 Å². The molecule has 1 nitrogen and oxygen atoms in total. The summed E-state index contributed by atoms with van der Waals surface area (Å²) < 4.78 is 12.4. The van der Waals surface area contributed by atoms with Crippen molar-refractivity contribution < 1.29 is 9.50 Å². The Morgan fingerprint density at radius 2 is 2.10 bits per heavy atom. The Labute approximate surface area is 63.8 Å². The van der Waals surface area contributed by atoms with Gasteiger partial charge in [0.25, 0.3) is 0 Å². The highest BCUT2D eigenvalue weighted by atomic mass is 35.5. The van der Waals surface area contributed by atoms with E-state index in [9.17, 15) is 4.39 Å². The summed E-state index contributed by atoms with van der Waals surface area (Å²) in [5.74, 6) is -1.07. The van der Waals surface area contributed by atoms with Crippen LogP contribution in [0.25, 0.3) is 0 Å². The first-order valence-corrected chi connectivity index (χ1v) is 2.93. The van der Waals surface area contributed by atoms with E-state index in [0.717, 1.165) is 6.07 Å². The predicted octanol–water partition coefficient (Wildman–Crippen LogP) is 0.978. The summed E-state index contributed by atoms with van der Waals surface area (Å²) in [6.45, 7) is 0. The van der Waals surface area contributed by atoms with E-state index in [1.165, 1.54) is 6.07 Å². The number of rotatable bonds is 0. The number of phenols is 1. The van der Waals surface area contributed by atoms with Crippen LogP contribution < -0.4 is 5.46 Å². The molecule has 0 saturated heterocycles. The number of benzene rings is 1. The molecule has 0 aliphatic heterocycles. The molecule has 0 atom stereocenters. The largest absolute Gasteiger partial charge is 0.507 e. The molecule has 0 spiro atoms. The van der Waals surface area contributed by atoms with Crippen LogP contribution in [0.15, 0.2) is 12.1 Å². The maximum atomic E-state index is 12.4. The molecular formula is C6H3BClFO. The van der Waals surface area contributed by atoms with Crippen LogP contribution in [0, 0.1) is 5.82 Å². The molecule has 1 aromatic rings. The van der Waals surface area contributed by atoms with Crippen LogP contribution in [-0.2, 0) is 0 Å². The lowest BCUT2D eigenvalue weighted by atomic mass is 9.94. The minimum Gasteiger partial charge on any atom is -0.507 e. The molecule has 1 rings (SSSR count). The Hall–Kier alpha value is -0.695. The molecule has 0 heterocycles. The van der Waals surface area contributed by atoms with Crippen molar-refractivity contribution in [2.75, 3.05) is 0 Å². The average Bonchev–Trinajstić information content (AvgIpc) is 1.93. The third kappa shape index (κ3) is 1.09. The van der Waals surface area contributed by atoms with Gasteiger partial charge in [-0.1, -0.05) is 11.6 Å². The Balaban J connectivity index is 3.34. The first-order chi connectivity index (χ1) is 4.63. The molecule has 2 radical (unpaired) electrons. The van der Waals surface area contributed by atoms with Crippen molar-refractivity contribution in [1.82, 2.24) is 0 Å². The molecule has 0 aliphatic rings. The minimum atomic E-state index is -0.665. The zero-order chi connectivity index (χ0) is 7.72. The summed E-state index contributed by atoms with van der Waals surface area (Å²) in [5.41, 5.74) is -0.312. The first kappa shape index (κ1) is 7.41. The molecule has 50 valence electrons. The fraction of sp³-hybridized carbons (Fsp3) is 0. The zero-order valence-corrected chi connectivity index (χ0v) is 5.69. The lowest BCUT2D eigenvalue weighted by Gasteiger charge is -2.00. The van der Waals surface area contributed by atoms with Gasteiger partial charge in [0.15, 0.2) is 0 Å². The van der Waals surface area contributed by atoms with Crippen LogP contribution in [0.3, 0.4) is 0 Å². The molecule has 0 bridgehead atoms. The van der Waals surface area contributed by atoms with Gasteiger partial charge < -0.3 is 5.11 Å². The lowest BCUT2D eigenvalue weighted by Crippen LogP contribution is -2.08. The van der Waals surface area contributed by atoms with Crippen molar-refractivity contribution >= 4 is 24.9 Å². The fourth-order valence-electron chi connectivity index (χ4n) is 0.557. The van der Waals surface area contributed by atoms with Gasteiger partial charge in [0, 0.05) is 0 Å². The molecule has 0 saturated carbocycles. The van der Waals surface area contributed by atoms with Gasteiger partial charge in [-0.05, 0) is 17.6 Å². The molecule has 0 fully saturated rings. The Morgan fingerprint density at radius 1 is 1.50 bits per heavy atom. The average molecular weight is 156 g/mol. The normalized spacial score (nSPS) is 9.80. The highest BCUT2D eigenvalue weighted by molar-refractivity contribution is 6.39. The molecular weight excluding hydrogens is 153 g/mol. The van der Waals surface area contributed by atoms with Gasteiger partial charge in [-0.2, -0.15) is 0 Å². The smallest absolute Gasteiger partial charge is 0.129 e. The predicted molar refractivity (Wildman–Crippen MR) is 38.5 cm³/mol. The van der Waals surface area contributed by atoms with Crippen molar-refractivity contribution in [2.24, 2.45) is 0 Å². The molecule has 0 aliphatic carbocycles. The Kier molecular flexibility index (Phi) is 1.86. The van der Waals surface area contributed by atoms with Gasteiger partial charge in [-0.3, -0.25) is 0 Å². The van der Waals surface area contributed by atoms with E-state index < -0.39 is 11.6 Å². The summed E-state index contributed by atoms with van der Waals surface area (Å²) in [6, 6.07) is 2.33. The maximum Gasteiger partial charge on any atom is 0.129 e. The molecule has 1 N–H and O–H groups in total. The topological polar surface area (TPSA) is 20.2 Å². The summed E-state index contributed by atoms with van der Waals surface area (Å²) in [7, 11) is 5.07. The lowest BCUT2D eigenvalue weighted by molar-refractivity contribution is 0.475. The third-order valence-electron chi connectivity index (χ3n) is 1.11. The highest BCUT2D eigenvalue weighted by Gasteiger charge is 2.04. The van der Waals surface area contributed by atoms with Crippen molar-refractivity contribution in [3.8, 4) is 5.75 Å². The highest BCUT2D eigenvalue weighted by Crippen LogP contribution is 2.19. The second-order valence-corrected chi connectivity index (χ2v) is 2.20. The fourth-order valence-corrected chi connectivity index (χ4v) is 0.722. The maximum absolute atomic E-state index is 12.4. The van der Waals surface area contributed by atoms with Crippen LogP contribution in [-0.4, -0.2) is 13.0 Å². The number of hydrogen-bond acceptors (Lipinski definition) is 1. The van der Waals surface area contributed by atoms with Crippen molar-refractivity contribution in [1.29, 1.82) is 0 Å². The van der Waals surface area contributed by atoms with Crippen molar-refractivity contribution in [2.45, 2.75) is 0 Å². The molecule has 4 heteroatoms. The molecule has 1 aromatic carbocycles. The van der Waals surface area contributed by atoms with Gasteiger partial charge in [-0.25, -0.2) is 4.39 Å².